The van der Waals surface area contributed by atoms with Gasteiger partial charge in [0, 0.05) is 12.1 Å². The Morgan fingerprint density at radius 2 is 2.00 bits per heavy atom. The van der Waals surface area contributed by atoms with E-state index in [0.717, 1.165) is 12.8 Å². The third-order valence-corrected chi connectivity index (χ3v) is 4.05. The van der Waals surface area contributed by atoms with Crippen molar-refractivity contribution < 1.29 is 13.5 Å². The Kier molecular flexibility index (Phi) is 3.57. The summed E-state index contributed by atoms with van der Waals surface area (Å²) in [5.41, 5.74) is 4.58. The predicted octanol–water partition coefficient (Wildman–Crippen LogP) is 3.31. The largest absolute Gasteiger partial charge is 0.497 e. The van der Waals surface area contributed by atoms with Crippen LogP contribution in [0.15, 0.2) is 24.3 Å². The van der Waals surface area contributed by atoms with Gasteiger partial charge in [0.05, 0.1) is 12.5 Å². The topological polar surface area (TPSA) is 35.2 Å². The first-order chi connectivity index (χ1) is 8.55. The number of benzene rings is 1. The number of rotatable bonds is 4. The summed E-state index contributed by atoms with van der Waals surface area (Å²) in [7, 11) is 1.48. The summed E-state index contributed by atoms with van der Waals surface area (Å²) in [6.45, 7) is 0.0250. The van der Waals surface area contributed by atoms with Crippen molar-refractivity contribution in [2.45, 2.75) is 31.6 Å². The van der Waals surface area contributed by atoms with E-state index in [1.165, 1.54) is 19.2 Å². The van der Waals surface area contributed by atoms with E-state index in [-0.39, 0.29) is 12.1 Å². The zero-order chi connectivity index (χ0) is 13.2. The summed E-state index contributed by atoms with van der Waals surface area (Å²) >= 11 is 0. The maximum absolute atomic E-state index is 14.7. The summed E-state index contributed by atoms with van der Waals surface area (Å²) in [5.74, 6) is -2.44. The van der Waals surface area contributed by atoms with Crippen molar-refractivity contribution in [2.75, 3.05) is 13.7 Å². The lowest BCUT2D eigenvalue weighted by Gasteiger charge is -2.36. The lowest BCUT2D eigenvalue weighted by molar-refractivity contribution is -0.124. The minimum absolute atomic E-state index is 0.00852. The fourth-order valence-corrected chi connectivity index (χ4v) is 2.82. The van der Waals surface area contributed by atoms with Crippen molar-refractivity contribution in [3.8, 4) is 5.75 Å². The van der Waals surface area contributed by atoms with Crippen molar-refractivity contribution >= 4 is 0 Å². The van der Waals surface area contributed by atoms with Crippen LogP contribution in [0.4, 0.5) is 8.78 Å². The van der Waals surface area contributed by atoms with Crippen LogP contribution in [0.2, 0.25) is 0 Å². The van der Waals surface area contributed by atoms with Gasteiger partial charge in [-0.05, 0) is 25.0 Å². The molecular weight excluding hydrogens is 236 g/mol. The van der Waals surface area contributed by atoms with Crippen LogP contribution >= 0.6 is 0 Å². The van der Waals surface area contributed by atoms with E-state index in [0.29, 0.717) is 18.6 Å². The number of methoxy groups -OCH3 is 1. The molecule has 0 amide bonds. The van der Waals surface area contributed by atoms with E-state index >= 15 is 0 Å². The van der Waals surface area contributed by atoms with Gasteiger partial charge in [-0.1, -0.05) is 25.0 Å². The minimum atomic E-state index is -2.90. The van der Waals surface area contributed by atoms with Crippen LogP contribution < -0.4 is 10.5 Å². The zero-order valence-electron chi connectivity index (χ0n) is 10.6. The van der Waals surface area contributed by atoms with Gasteiger partial charge in [-0.3, -0.25) is 0 Å². The highest BCUT2D eigenvalue weighted by molar-refractivity contribution is 5.33. The molecule has 0 aromatic heterocycles. The molecule has 4 heteroatoms. The molecule has 0 unspecified atom stereocenters. The Morgan fingerprint density at radius 1 is 1.33 bits per heavy atom. The molecule has 1 aliphatic rings. The average Bonchev–Trinajstić information content (AvgIpc) is 2.89. The highest BCUT2D eigenvalue weighted by atomic mass is 19.3. The van der Waals surface area contributed by atoms with Crippen LogP contribution in [0.3, 0.4) is 0 Å². The summed E-state index contributed by atoms with van der Waals surface area (Å²) < 4.78 is 34.4. The van der Waals surface area contributed by atoms with Gasteiger partial charge in [0.15, 0.2) is 0 Å². The summed E-state index contributed by atoms with van der Waals surface area (Å²) in [4.78, 5) is 0. The number of hydrogen-bond acceptors (Lipinski definition) is 2. The third-order valence-electron chi connectivity index (χ3n) is 4.05. The van der Waals surface area contributed by atoms with Crippen LogP contribution in [0.1, 0.15) is 31.2 Å². The fraction of sp³-hybridized carbons (Fsp3) is 0.571. The minimum Gasteiger partial charge on any atom is -0.497 e. The van der Waals surface area contributed by atoms with Crippen LogP contribution in [0, 0.1) is 5.41 Å². The van der Waals surface area contributed by atoms with Crippen molar-refractivity contribution in [1.82, 2.24) is 0 Å². The molecule has 0 bridgehead atoms. The van der Waals surface area contributed by atoms with Crippen molar-refractivity contribution in [3.63, 3.8) is 0 Å². The Balaban J connectivity index is 2.39. The van der Waals surface area contributed by atoms with Crippen LogP contribution in [-0.4, -0.2) is 13.7 Å². The summed E-state index contributed by atoms with van der Waals surface area (Å²) in [6, 6.07) is 6.14. The molecule has 1 saturated carbocycles. The van der Waals surface area contributed by atoms with E-state index < -0.39 is 11.3 Å². The highest BCUT2D eigenvalue weighted by Crippen LogP contribution is 2.54. The summed E-state index contributed by atoms with van der Waals surface area (Å²) in [5, 5.41) is 0. The van der Waals surface area contributed by atoms with Crippen molar-refractivity contribution in [2.24, 2.45) is 11.1 Å². The SMILES string of the molecule is COc1cccc(C(F)(F)C2(CN)CCCC2)c1. The second-order valence-electron chi connectivity index (χ2n) is 5.00. The van der Waals surface area contributed by atoms with Gasteiger partial charge in [0.1, 0.15) is 5.75 Å². The highest BCUT2D eigenvalue weighted by Gasteiger charge is 2.54. The third kappa shape index (κ3) is 1.99. The van der Waals surface area contributed by atoms with Crippen molar-refractivity contribution in [3.05, 3.63) is 29.8 Å². The van der Waals surface area contributed by atoms with Crippen LogP contribution in [0.5, 0.6) is 5.75 Å². The first kappa shape index (κ1) is 13.3. The molecule has 0 aliphatic heterocycles. The van der Waals surface area contributed by atoms with Crippen LogP contribution in [0.25, 0.3) is 0 Å². The number of hydrogen-bond donors (Lipinski definition) is 1. The summed E-state index contributed by atoms with van der Waals surface area (Å²) in [6.07, 6.45) is 2.65. The van der Waals surface area contributed by atoms with Crippen LogP contribution in [-0.2, 0) is 5.92 Å². The van der Waals surface area contributed by atoms with E-state index in [4.69, 9.17) is 10.5 Å². The monoisotopic (exact) mass is 255 g/mol. The predicted molar refractivity (Wildman–Crippen MR) is 66.8 cm³/mol. The second kappa shape index (κ2) is 4.84. The van der Waals surface area contributed by atoms with E-state index in [9.17, 15) is 8.78 Å². The Labute approximate surface area is 106 Å². The number of alkyl halides is 2. The van der Waals surface area contributed by atoms with E-state index in [2.05, 4.69) is 0 Å². The van der Waals surface area contributed by atoms with Crippen molar-refractivity contribution in [1.29, 1.82) is 0 Å². The molecule has 0 radical (unpaired) electrons. The molecule has 100 valence electrons. The fourth-order valence-electron chi connectivity index (χ4n) is 2.82. The molecule has 0 atom stereocenters. The molecule has 0 spiro atoms. The quantitative estimate of drug-likeness (QED) is 0.895. The Bertz CT molecular complexity index is 414. The lowest BCUT2D eigenvalue weighted by Crippen LogP contribution is -2.43. The molecular formula is C14H19F2NO. The molecule has 0 saturated heterocycles. The first-order valence-corrected chi connectivity index (χ1v) is 6.28. The molecule has 1 aromatic carbocycles. The van der Waals surface area contributed by atoms with Gasteiger partial charge in [-0.15, -0.1) is 0 Å². The van der Waals surface area contributed by atoms with E-state index in [1.807, 2.05) is 0 Å². The number of halogens is 2. The standard InChI is InChI=1S/C14H19F2NO/c1-18-12-6-4-5-11(9-12)14(15,16)13(10-17)7-2-3-8-13/h4-6,9H,2-3,7-8,10,17H2,1H3. The van der Waals surface area contributed by atoms with Gasteiger partial charge < -0.3 is 10.5 Å². The number of ether oxygens (including phenoxy) is 1. The molecule has 18 heavy (non-hydrogen) atoms. The average molecular weight is 255 g/mol. The molecule has 1 aromatic rings. The first-order valence-electron chi connectivity index (χ1n) is 6.28. The zero-order valence-corrected chi connectivity index (χ0v) is 10.6. The normalized spacial score (nSPS) is 18.9. The molecule has 2 nitrogen and oxygen atoms in total. The molecule has 1 fully saturated rings. The molecule has 0 heterocycles. The number of nitrogens with two attached hydrogens (primary N) is 1. The maximum Gasteiger partial charge on any atom is 0.280 e. The molecule has 2 rings (SSSR count). The second-order valence-corrected chi connectivity index (χ2v) is 5.00. The van der Waals surface area contributed by atoms with Gasteiger partial charge >= 0.3 is 0 Å². The Hall–Kier alpha value is -1.16. The van der Waals surface area contributed by atoms with E-state index in [1.54, 1.807) is 12.1 Å². The maximum atomic E-state index is 14.7. The smallest absolute Gasteiger partial charge is 0.280 e. The Morgan fingerprint density at radius 3 is 2.56 bits per heavy atom. The lowest BCUT2D eigenvalue weighted by atomic mass is 9.76. The van der Waals surface area contributed by atoms with Gasteiger partial charge in [0.2, 0.25) is 0 Å². The van der Waals surface area contributed by atoms with Gasteiger partial charge in [0.25, 0.3) is 5.92 Å². The van der Waals surface area contributed by atoms with Gasteiger partial charge in [-0.2, -0.15) is 0 Å². The molecule has 1 aliphatic carbocycles. The van der Waals surface area contributed by atoms with Gasteiger partial charge in [-0.25, -0.2) is 8.78 Å². The molecule has 2 N–H and O–H groups in total.